The van der Waals surface area contributed by atoms with Crippen LogP contribution in [0.5, 0.6) is 5.75 Å². The molecular formula is C9H9N3O. The summed E-state index contributed by atoms with van der Waals surface area (Å²) in [6.07, 6.45) is 1.67. The molecule has 1 heterocycles. The molecule has 0 saturated carbocycles. The van der Waals surface area contributed by atoms with Gasteiger partial charge in [-0.25, -0.2) is 4.68 Å². The minimum atomic E-state index is 0.229. The summed E-state index contributed by atoms with van der Waals surface area (Å²) < 4.78 is 1.67. The van der Waals surface area contributed by atoms with E-state index in [0.29, 0.717) is 0 Å². The fourth-order valence-electron chi connectivity index (χ4n) is 1.17. The van der Waals surface area contributed by atoms with Gasteiger partial charge in [-0.3, -0.25) is 0 Å². The first-order chi connectivity index (χ1) is 6.27. The third-order valence-corrected chi connectivity index (χ3v) is 1.79. The lowest BCUT2D eigenvalue weighted by atomic mass is 10.3. The standard InChI is InChI=1S/C9H9N3O/c1-7-6-10-11-12(7)8-3-2-4-9(13)5-8/h2-6,13H,1H3. The van der Waals surface area contributed by atoms with Gasteiger partial charge in [0.05, 0.1) is 17.6 Å². The Morgan fingerprint density at radius 3 is 2.85 bits per heavy atom. The number of benzene rings is 1. The van der Waals surface area contributed by atoms with Crippen LogP contribution in [0.25, 0.3) is 5.69 Å². The van der Waals surface area contributed by atoms with Gasteiger partial charge in [0.2, 0.25) is 0 Å². The van der Waals surface area contributed by atoms with Gasteiger partial charge < -0.3 is 5.11 Å². The van der Waals surface area contributed by atoms with Crippen molar-refractivity contribution in [2.75, 3.05) is 0 Å². The van der Waals surface area contributed by atoms with E-state index in [0.717, 1.165) is 11.4 Å². The number of hydrogen-bond donors (Lipinski definition) is 1. The number of hydrogen-bond acceptors (Lipinski definition) is 3. The molecule has 2 aromatic rings. The molecule has 0 atom stereocenters. The lowest BCUT2D eigenvalue weighted by Crippen LogP contribution is -1.98. The van der Waals surface area contributed by atoms with E-state index >= 15 is 0 Å². The van der Waals surface area contributed by atoms with E-state index in [9.17, 15) is 5.11 Å². The number of aryl methyl sites for hydroxylation is 1. The predicted octanol–water partition coefficient (Wildman–Crippen LogP) is 1.28. The van der Waals surface area contributed by atoms with Crippen molar-refractivity contribution in [3.8, 4) is 11.4 Å². The van der Waals surface area contributed by atoms with Crippen molar-refractivity contribution < 1.29 is 5.11 Å². The molecule has 0 aliphatic rings. The Morgan fingerprint density at radius 2 is 2.23 bits per heavy atom. The first-order valence-corrected chi connectivity index (χ1v) is 3.94. The normalized spacial score (nSPS) is 10.2. The second-order valence-electron chi connectivity index (χ2n) is 2.81. The molecular weight excluding hydrogens is 166 g/mol. The van der Waals surface area contributed by atoms with Gasteiger partial charge in [0.15, 0.2) is 0 Å². The average molecular weight is 175 g/mol. The van der Waals surface area contributed by atoms with Gasteiger partial charge >= 0.3 is 0 Å². The first kappa shape index (κ1) is 7.79. The van der Waals surface area contributed by atoms with E-state index in [2.05, 4.69) is 10.3 Å². The maximum absolute atomic E-state index is 9.24. The molecule has 0 radical (unpaired) electrons. The highest BCUT2D eigenvalue weighted by Crippen LogP contribution is 2.14. The van der Waals surface area contributed by atoms with Gasteiger partial charge in [-0.15, -0.1) is 5.10 Å². The van der Waals surface area contributed by atoms with Crippen molar-refractivity contribution in [1.82, 2.24) is 15.0 Å². The largest absolute Gasteiger partial charge is 0.508 e. The number of phenolic OH excluding ortho intramolecular Hbond substituents is 1. The van der Waals surface area contributed by atoms with E-state index < -0.39 is 0 Å². The van der Waals surface area contributed by atoms with E-state index in [1.807, 2.05) is 13.0 Å². The SMILES string of the molecule is Cc1cnnn1-c1cccc(O)c1. The zero-order valence-electron chi connectivity index (χ0n) is 7.18. The smallest absolute Gasteiger partial charge is 0.117 e. The highest BCUT2D eigenvalue weighted by atomic mass is 16.3. The second-order valence-corrected chi connectivity index (χ2v) is 2.81. The van der Waals surface area contributed by atoms with Gasteiger partial charge in [0.25, 0.3) is 0 Å². The Morgan fingerprint density at radius 1 is 1.38 bits per heavy atom. The number of nitrogens with zero attached hydrogens (tertiary/aromatic N) is 3. The molecule has 0 saturated heterocycles. The molecule has 1 aromatic heterocycles. The highest BCUT2D eigenvalue weighted by molar-refractivity contribution is 5.38. The van der Waals surface area contributed by atoms with Crippen molar-refractivity contribution in [3.63, 3.8) is 0 Å². The summed E-state index contributed by atoms with van der Waals surface area (Å²) in [5.74, 6) is 0.229. The van der Waals surface area contributed by atoms with Crippen LogP contribution in [-0.2, 0) is 0 Å². The number of rotatable bonds is 1. The summed E-state index contributed by atoms with van der Waals surface area (Å²) in [6.45, 7) is 1.91. The van der Waals surface area contributed by atoms with Gasteiger partial charge in [0.1, 0.15) is 5.75 Å². The van der Waals surface area contributed by atoms with E-state index in [-0.39, 0.29) is 5.75 Å². The summed E-state index contributed by atoms with van der Waals surface area (Å²) in [5.41, 5.74) is 1.75. The van der Waals surface area contributed by atoms with Crippen LogP contribution in [0.3, 0.4) is 0 Å². The molecule has 0 aliphatic carbocycles. The molecule has 4 heteroatoms. The minimum Gasteiger partial charge on any atom is -0.508 e. The monoisotopic (exact) mass is 175 g/mol. The molecule has 0 bridgehead atoms. The molecule has 0 amide bonds. The maximum Gasteiger partial charge on any atom is 0.117 e. The van der Waals surface area contributed by atoms with Crippen molar-refractivity contribution in [3.05, 3.63) is 36.2 Å². The second kappa shape index (κ2) is 2.90. The predicted molar refractivity (Wildman–Crippen MR) is 47.8 cm³/mol. The third kappa shape index (κ3) is 1.38. The zero-order chi connectivity index (χ0) is 9.26. The Balaban J connectivity index is 2.53. The summed E-state index contributed by atoms with van der Waals surface area (Å²) in [4.78, 5) is 0. The Bertz CT molecular complexity index is 422. The maximum atomic E-state index is 9.24. The minimum absolute atomic E-state index is 0.229. The van der Waals surface area contributed by atoms with Crippen LogP contribution in [0.1, 0.15) is 5.69 Å². The molecule has 4 nitrogen and oxygen atoms in total. The highest BCUT2D eigenvalue weighted by Gasteiger charge is 2.01. The molecule has 13 heavy (non-hydrogen) atoms. The Labute approximate surface area is 75.4 Å². The first-order valence-electron chi connectivity index (χ1n) is 3.94. The third-order valence-electron chi connectivity index (χ3n) is 1.79. The quantitative estimate of drug-likeness (QED) is 0.710. The van der Waals surface area contributed by atoms with Crippen LogP contribution < -0.4 is 0 Å². The average Bonchev–Trinajstić information content (AvgIpc) is 2.51. The lowest BCUT2D eigenvalue weighted by molar-refractivity contribution is 0.474. The van der Waals surface area contributed by atoms with Crippen LogP contribution in [0.2, 0.25) is 0 Å². The fraction of sp³-hybridized carbons (Fsp3) is 0.111. The molecule has 2 rings (SSSR count). The lowest BCUT2D eigenvalue weighted by Gasteiger charge is -2.02. The summed E-state index contributed by atoms with van der Waals surface area (Å²) in [6, 6.07) is 6.89. The van der Waals surface area contributed by atoms with Crippen LogP contribution in [0.15, 0.2) is 30.5 Å². The zero-order valence-corrected chi connectivity index (χ0v) is 7.18. The van der Waals surface area contributed by atoms with Crippen molar-refractivity contribution >= 4 is 0 Å². The topological polar surface area (TPSA) is 50.9 Å². The summed E-state index contributed by atoms with van der Waals surface area (Å²) in [7, 11) is 0. The van der Waals surface area contributed by atoms with Crippen LogP contribution in [0.4, 0.5) is 0 Å². The molecule has 0 spiro atoms. The fourth-order valence-corrected chi connectivity index (χ4v) is 1.17. The van der Waals surface area contributed by atoms with Crippen molar-refractivity contribution in [2.24, 2.45) is 0 Å². The van der Waals surface area contributed by atoms with Crippen LogP contribution in [-0.4, -0.2) is 20.1 Å². The molecule has 1 aromatic carbocycles. The molecule has 0 fully saturated rings. The van der Waals surface area contributed by atoms with Crippen molar-refractivity contribution in [2.45, 2.75) is 6.92 Å². The summed E-state index contributed by atoms with van der Waals surface area (Å²) >= 11 is 0. The number of aromatic nitrogens is 3. The van der Waals surface area contributed by atoms with Crippen LogP contribution >= 0.6 is 0 Å². The molecule has 1 N–H and O–H groups in total. The Kier molecular flexibility index (Phi) is 1.73. The number of aromatic hydroxyl groups is 1. The van der Waals surface area contributed by atoms with E-state index in [4.69, 9.17) is 0 Å². The van der Waals surface area contributed by atoms with E-state index in [1.165, 1.54) is 0 Å². The molecule has 0 unspecified atom stereocenters. The summed E-state index contributed by atoms with van der Waals surface area (Å²) in [5, 5.41) is 16.9. The van der Waals surface area contributed by atoms with Gasteiger partial charge in [-0.2, -0.15) is 0 Å². The van der Waals surface area contributed by atoms with Crippen molar-refractivity contribution in [1.29, 1.82) is 0 Å². The Hall–Kier alpha value is -1.84. The van der Waals surface area contributed by atoms with Gasteiger partial charge in [0, 0.05) is 6.07 Å². The molecule has 0 aliphatic heterocycles. The van der Waals surface area contributed by atoms with E-state index in [1.54, 1.807) is 29.1 Å². The molecule has 66 valence electrons. The van der Waals surface area contributed by atoms with Crippen LogP contribution in [0, 0.1) is 6.92 Å². The van der Waals surface area contributed by atoms with Gasteiger partial charge in [-0.05, 0) is 19.1 Å². The van der Waals surface area contributed by atoms with Gasteiger partial charge in [-0.1, -0.05) is 11.3 Å². The number of phenols is 1.